The molecule has 0 saturated carbocycles. The molecular weight excluding hydrogens is 446 g/mol. The summed E-state index contributed by atoms with van der Waals surface area (Å²) in [6, 6.07) is 13.5. The molecule has 2 aromatic carbocycles. The Balaban J connectivity index is 1.31. The van der Waals surface area contributed by atoms with Gasteiger partial charge >= 0.3 is 0 Å². The van der Waals surface area contributed by atoms with Crippen LogP contribution in [0.5, 0.6) is 5.75 Å². The Hall–Kier alpha value is -3.27. The SMILES string of the molecule is Cc1nc(C(=O)Nc2ccc(OCCN3CCOCC3)c3ccccc23)cc(N2CCOCC2)n1. The lowest BCUT2D eigenvalue weighted by Crippen LogP contribution is -2.38. The summed E-state index contributed by atoms with van der Waals surface area (Å²) in [5, 5.41) is 4.92. The second-order valence-electron chi connectivity index (χ2n) is 8.67. The molecule has 2 saturated heterocycles. The van der Waals surface area contributed by atoms with Crippen LogP contribution in [0.2, 0.25) is 0 Å². The first kappa shape index (κ1) is 23.5. The van der Waals surface area contributed by atoms with Crippen LogP contribution in [0.15, 0.2) is 42.5 Å². The topological polar surface area (TPSA) is 89.0 Å². The third-order valence-electron chi connectivity index (χ3n) is 6.29. The van der Waals surface area contributed by atoms with Gasteiger partial charge in [0.15, 0.2) is 0 Å². The number of aromatic nitrogens is 2. The van der Waals surface area contributed by atoms with Crippen molar-refractivity contribution in [3.05, 3.63) is 54.0 Å². The maximum Gasteiger partial charge on any atom is 0.274 e. The molecule has 2 aliphatic rings. The van der Waals surface area contributed by atoms with Crippen molar-refractivity contribution >= 4 is 28.2 Å². The molecule has 0 spiro atoms. The van der Waals surface area contributed by atoms with Crippen molar-refractivity contribution in [1.29, 1.82) is 0 Å². The number of benzene rings is 2. The normalized spacial score (nSPS) is 16.9. The zero-order valence-corrected chi connectivity index (χ0v) is 20.0. The number of morpholine rings is 2. The molecule has 0 radical (unpaired) electrons. The minimum atomic E-state index is -0.267. The van der Waals surface area contributed by atoms with Gasteiger partial charge in [-0.25, -0.2) is 9.97 Å². The molecule has 0 bridgehead atoms. The van der Waals surface area contributed by atoms with E-state index in [9.17, 15) is 4.79 Å². The molecule has 2 aliphatic heterocycles. The summed E-state index contributed by atoms with van der Waals surface area (Å²) in [6.45, 7) is 9.47. The number of ether oxygens (including phenoxy) is 3. The number of amides is 1. The van der Waals surface area contributed by atoms with E-state index in [-0.39, 0.29) is 5.91 Å². The summed E-state index contributed by atoms with van der Waals surface area (Å²) in [5.41, 5.74) is 1.06. The van der Waals surface area contributed by atoms with Crippen molar-refractivity contribution in [3.63, 3.8) is 0 Å². The predicted molar refractivity (Wildman–Crippen MR) is 134 cm³/mol. The van der Waals surface area contributed by atoms with Gasteiger partial charge in [-0.05, 0) is 19.1 Å². The molecule has 3 aromatic rings. The Morgan fingerprint density at radius 1 is 0.971 bits per heavy atom. The van der Waals surface area contributed by atoms with Gasteiger partial charge in [0.2, 0.25) is 0 Å². The second kappa shape index (κ2) is 11.0. The summed E-state index contributed by atoms with van der Waals surface area (Å²) in [5.74, 6) is 1.85. The summed E-state index contributed by atoms with van der Waals surface area (Å²) >= 11 is 0. The second-order valence-corrected chi connectivity index (χ2v) is 8.67. The number of nitrogens with one attached hydrogen (secondary N) is 1. The van der Waals surface area contributed by atoms with Crippen molar-refractivity contribution in [2.45, 2.75) is 6.92 Å². The molecule has 9 heteroatoms. The maximum atomic E-state index is 13.2. The van der Waals surface area contributed by atoms with E-state index in [4.69, 9.17) is 14.2 Å². The van der Waals surface area contributed by atoms with Crippen LogP contribution in [-0.2, 0) is 9.47 Å². The van der Waals surface area contributed by atoms with Gasteiger partial charge in [-0.1, -0.05) is 24.3 Å². The standard InChI is InChI=1S/C26H31N5O4/c1-19-27-23(18-25(28-19)31-11-15-34-16-12-31)26(32)29-22-6-7-24(21-5-3-2-4-20(21)22)35-17-10-30-8-13-33-14-9-30/h2-7,18H,8-17H2,1H3,(H,29,32). The molecule has 35 heavy (non-hydrogen) atoms. The molecule has 1 aromatic heterocycles. The first-order valence-corrected chi connectivity index (χ1v) is 12.1. The Kier molecular flexibility index (Phi) is 7.37. The van der Waals surface area contributed by atoms with E-state index >= 15 is 0 Å². The Morgan fingerprint density at radius 2 is 1.69 bits per heavy atom. The van der Waals surface area contributed by atoms with Gasteiger partial charge in [0.1, 0.15) is 29.7 Å². The molecule has 184 valence electrons. The molecule has 9 nitrogen and oxygen atoms in total. The van der Waals surface area contributed by atoms with E-state index < -0.39 is 0 Å². The molecule has 0 atom stereocenters. The van der Waals surface area contributed by atoms with E-state index in [1.165, 1.54) is 0 Å². The van der Waals surface area contributed by atoms with Crippen LogP contribution in [0.4, 0.5) is 11.5 Å². The minimum absolute atomic E-state index is 0.267. The van der Waals surface area contributed by atoms with Crippen LogP contribution in [0.25, 0.3) is 10.8 Å². The third kappa shape index (κ3) is 5.70. The number of fused-ring (bicyclic) bond motifs is 1. The first-order valence-electron chi connectivity index (χ1n) is 12.1. The van der Waals surface area contributed by atoms with E-state index in [0.29, 0.717) is 31.3 Å². The van der Waals surface area contributed by atoms with Gasteiger partial charge in [0, 0.05) is 55.2 Å². The summed E-state index contributed by atoms with van der Waals surface area (Å²) < 4.78 is 17.0. The van der Waals surface area contributed by atoms with Gasteiger partial charge in [-0.2, -0.15) is 0 Å². The lowest BCUT2D eigenvalue weighted by molar-refractivity contribution is 0.0323. The van der Waals surface area contributed by atoms with Crippen molar-refractivity contribution in [3.8, 4) is 5.75 Å². The molecule has 3 heterocycles. The zero-order chi connectivity index (χ0) is 24.0. The van der Waals surface area contributed by atoms with Crippen LogP contribution >= 0.6 is 0 Å². The molecule has 1 amide bonds. The monoisotopic (exact) mass is 477 g/mol. The van der Waals surface area contributed by atoms with E-state index in [1.807, 2.05) is 36.4 Å². The third-order valence-corrected chi connectivity index (χ3v) is 6.29. The average molecular weight is 478 g/mol. The summed E-state index contributed by atoms with van der Waals surface area (Å²) in [4.78, 5) is 26.6. The molecular formula is C26H31N5O4. The van der Waals surface area contributed by atoms with E-state index in [2.05, 4.69) is 25.1 Å². The number of aryl methyl sites for hydroxylation is 1. The Labute approximate surface area is 205 Å². The minimum Gasteiger partial charge on any atom is -0.492 e. The van der Waals surface area contributed by atoms with Crippen LogP contribution in [0.3, 0.4) is 0 Å². The van der Waals surface area contributed by atoms with Crippen molar-refractivity contribution < 1.29 is 19.0 Å². The highest BCUT2D eigenvalue weighted by Gasteiger charge is 2.18. The van der Waals surface area contributed by atoms with Crippen LogP contribution in [0, 0.1) is 6.92 Å². The summed E-state index contributed by atoms with van der Waals surface area (Å²) in [7, 11) is 0. The fourth-order valence-electron chi connectivity index (χ4n) is 4.42. The van der Waals surface area contributed by atoms with Crippen LogP contribution in [-0.4, -0.2) is 86.5 Å². The number of anilines is 2. The lowest BCUT2D eigenvalue weighted by atomic mass is 10.1. The van der Waals surface area contributed by atoms with Crippen LogP contribution in [0.1, 0.15) is 16.3 Å². The van der Waals surface area contributed by atoms with Crippen molar-refractivity contribution in [2.75, 3.05) is 76.0 Å². The quantitative estimate of drug-likeness (QED) is 0.556. The average Bonchev–Trinajstić information content (AvgIpc) is 2.90. The fourth-order valence-corrected chi connectivity index (χ4v) is 4.42. The molecule has 0 unspecified atom stereocenters. The molecule has 2 fully saturated rings. The van der Waals surface area contributed by atoms with Crippen molar-refractivity contribution in [1.82, 2.24) is 14.9 Å². The number of nitrogens with zero attached hydrogens (tertiary/aromatic N) is 4. The van der Waals surface area contributed by atoms with Crippen LogP contribution < -0.4 is 15.0 Å². The fraction of sp³-hybridized carbons (Fsp3) is 0.423. The van der Waals surface area contributed by atoms with Gasteiger partial charge in [0.05, 0.1) is 26.4 Å². The number of hydrogen-bond acceptors (Lipinski definition) is 8. The number of hydrogen-bond donors (Lipinski definition) is 1. The molecule has 0 aliphatic carbocycles. The Morgan fingerprint density at radius 3 is 2.46 bits per heavy atom. The lowest BCUT2D eigenvalue weighted by Gasteiger charge is -2.28. The number of carbonyl (C=O) groups is 1. The smallest absolute Gasteiger partial charge is 0.274 e. The highest BCUT2D eigenvalue weighted by molar-refractivity contribution is 6.09. The number of carbonyl (C=O) groups excluding carboxylic acids is 1. The molecule has 5 rings (SSSR count). The van der Waals surface area contributed by atoms with Gasteiger partial charge in [-0.3, -0.25) is 9.69 Å². The van der Waals surface area contributed by atoms with E-state index in [0.717, 1.165) is 74.0 Å². The van der Waals surface area contributed by atoms with Gasteiger partial charge in [0.25, 0.3) is 5.91 Å². The molecule has 1 N–H and O–H groups in total. The zero-order valence-electron chi connectivity index (χ0n) is 20.0. The van der Waals surface area contributed by atoms with Gasteiger partial charge in [-0.15, -0.1) is 0 Å². The van der Waals surface area contributed by atoms with E-state index in [1.54, 1.807) is 13.0 Å². The largest absolute Gasteiger partial charge is 0.492 e. The predicted octanol–water partition coefficient (Wildman–Crippen LogP) is 2.74. The first-order chi connectivity index (χ1) is 17.2. The highest BCUT2D eigenvalue weighted by atomic mass is 16.5. The van der Waals surface area contributed by atoms with Gasteiger partial charge < -0.3 is 24.4 Å². The highest BCUT2D eigenvalue weighted by Crippen LogP contribution is 2.32. The number of rotatable bonds is 7. The van der Waals surface area contributed by atoms with Crippen molar-refractivity contribution in [2.24, 2.45) is 0 Å². The summed E-state index contributed by atoms with van der Waals surface area (Å²) in [6.07, 6.45) is 0. The Bertz CT molecular complexity index is 1180. The maximum absolute atomic E-state index is 13.2.